The third kappa shape index (κ3) is 2.48. The third-order valence-electron chi connectivity index (χ3n) is 4.55. The van der Waals surface area contributed by atoms with Crippen LogP contribution in [0, 0.1) is 18.3 Å². The summed E-state index contributed by atoms with van der Waals surface area (Å²) in [6.45, 7) is 3.17. The largest absolute Gasteiger partial charge is 0.349 e. The fraction of sp³-hybridized carbons (Fsp3) is 0.158. The number of amides is 1. The molecule has 4 rings (SSSR count). The first kappa shape index (κ1) is 16.0. The predicted octanol–water partition coefficient (Wildman–Crippen LogP) is 4.54. The highest BCUT2D eigenvalue weighted by Gasteiger charge is 2.25. The van der Waals surface area contributed by atoms with E-state index in [2.05, 4.69) is 11.4 Å². The average molecular weight is 370 g/mol. The second kappa shape index (κ2) is 5.80. The van der Waals surface area contributed by atoms with Gasteiger partial charge in [-0.25, -0.2) is 0 Å². The average Bonchev–Trinajstić information content (AvgIpc) is 2.87. The van der Waals surface area contributed by atoms with Gasteiger partial charge in [0.1, 0.15) is 5.69 Å². The van der Waals surface area contributed by atoms with Crippen LogP contribution >= 0.6 is 23.2 Å². The van der Waals surface area contributed by atoms with E-state index in [1.54, 1.807) is 6.07 Å². The lowest BCUT2D eigenvalue weighted by molar-refractivity contribution is 0.0928. The van der Waals surface area contributed by atoms with Gasteiger partial charge in [0.15, 0.2) is 0 Å². The Balaban J connectivity index is 2.15. The van der Waals surface area contributed by atoms with Gasteiger partial charge in [-0.3, -0.25) is 4.79 Å². The third-order valence-corrected chi connectivity index (χ3v) is 4.98. The van der Waals surface area contributed by atoms with Crippen molar-refractivity contribution < 1.29 is 4.79 Å². The van der Waals surface area contributed by atoms with E-state index in [4.69, 9.17) is 23.2 Å². The van der Waals surface area contributed by atoms with Crippen molar-refractivity contribution in [2.45, 2.75) is 13.5 Å². The van der Waals surface area contributed by atoms with Crippen molar-refractivity contribution in [1.29, 1.82) is 5.26 Å². The van der Waals surface area contributed by atoms with Crippen LogP contribution in [0.4, 0.5) is 0 Å². The van der Waals surface area contributed by atoms with Crippen LogP contribution in [0.5, 0.6) is 0 Å². The Morgan fingerprint density at radius 3 is 2.56 bits per heavy atom. The number of nitrogens with one attached hydrogen (secondary N) is 1. The first-order valence-electron chi connectivity index (χ1n) is 7.81. The van der Waals surface area contributed by atoms with Gasteiger partial charge >= 0.3 is 0 Å². The molecule has 0 spiro atoms. The maximum absolute atomic E-state index is 12.3. The van der Waals surface area contributed by atoms with Crippen LogP contribution in [0.1, 0.15) is 21.6 Å². The molecular weight excluding hydrogens is 357 g/mol. The van der Waals surface area contributed by atoms with Crippen molar-refractivity contribution in [2.75, 3.05) is 6.54 Å². The quantitative estimate of drug-likeness (QED) is 0.684. The van der Waals surface area contributed by atoms with Crippen LogP contribution in [0.25, 0.3) is 22.0 Å². The summed E-state index contributed by atoms with van der Waals surface area (Å²) in [5.41, 5.74) is 4.66. The van der Waals surface area contributed by atoms with Crippen LogP contribution in [-0.4, -0.2) is 17.0 Å². The van der Waals surface area contributed by atoms with Crippen molar-refractivity contribution >= 4 is 40.0 Å². The molecule has 124 valence electrons. The van der Waals surface area contributed by atoms with Gasteiger partial charge in [0.2, 0.25) is 0 Å². The zero-order chi connectivity index (χ0) is 17.7. The second-order valence-electron chi connectivity index (χ2n) is 6.07. The minimum Gasteiger partial charge on any atom is -0.349 e. The Labute approximate surface area is 154 Å². The molecule has 0 saturated carbocycles. The minimum absolute atomic E-state index is 0.0893. The molecule has 3 aromatic rings. The van der Waals surface area contributed by atoms with Crippen LogP contribution in [0.15, 0.2) is 30.3 Å². The fourth-order valence-corrected chi connectivity index (χ4v) is 4.05. The molecule has 1 aromatic heterocycles. The smallest absolute Gasteiger partial charge is 0.268 e. The maximum Gasteiger partial charge on any atom is 0.268 e. The first-order chi connectivity index (χ1) is 12.0. The number of carbonyl (C=O) groups excluding carboxylic acids is 1. The molecule has 0 saturated heterocycles. The van der Waals surface area contributed by atoms with Gasteiger partial charge in [-0.05, 0) is 48.4 Å². The number of aryl methyl sites for hydroxylation is 1. The van der Waals surface area contributed by atoms with Crippen molar-refractivity contribution in [1.82, 2.24) is 9.88 Å². The molecule has 25 heavy (non-hydrogen) atoms. The highest BCUT2D eigenvalue weighted by Crippen LogP contribution is 2.37. The van der Waals surface area contributed by atoms with Crippen LogP contribution < -0.4 is 5.32 Å². The van der Waals surface area contributed by atoms with Crippen LogP contribution in [0.3, 0.4) is 0 Å². The lowest BCUT2D eigenvalue weighted by atomic mass is 9.99. The predicted molar refractivity (Wildman–Crippen MR) is 99.2 cm³/mol. The zero-order valence-corrected chi connectivity index (χ0v) is 14.9. The summed E-state index contributed by atoms with van der Waals surface area (Å²) in [6.07, 6.45) is 0. The van der Waals surface area contributed by atoms with E-state index in [9.17, 15) is 10.1 Å². The highest BCUT2D eigenvalue weighted by atomic mass is 35.5. The zero-order valence-electron chi connectivity index (χ0n) is 13.4. The molecule has 2 aromatic carbocycles. The lowest BCUT2D eigenvalue weighted by Crippen LogP contribution is -2.35. The molecule has 0 atom stereocenters. The molecule has 1 aliphatic heterocycles. The van der Waals surface area contributed by atoms with E-state index >= 15 is 0 Å². The standard InChI is InChI=1S/C19H13Cl2N3O/c1-10-15-4-11(9-22)5-16(12-6-13(20)8-14(21)7-12)18(15)24-3-2-23-19(25)17(10)24/h4-8H,2-3H2,1H3,(H,23,25). The molecule has 4 nitrogen and oxygen atoms in total. The van der Waals surface area contributed by atoms with E-state index in [-0.39, 0.29) is 5.91 Å². The maximum atomic E-state index is 12.3. The van der Waals surface area contributed by atoms with Gasteiger partial charge in [-0.2, -0.15) is 5.26 Å². The van der Waals surface area contributed by atoms with Crippen molar-refractivity contribution in [2.24, 2.45) is 0 Å². The van der Waals surface area contributed by atoms with E-state index in [0.29, 0.717) is 34.4 Å². The van der Waals surface area contributed by atoms with E-state index < -0.39 is 0 Å². The van der Waals surface area contributed by atoms with Gasteiger partial charge < -0.3 is 9.88 Å². The van der Waals surface area contributed by atoms with Crippen LogP contribution in [-0.2, 0) is 6.54 Å². The number of nitrogens with zero attached hydrogens (tertiary/aromatic N) is 2. The summed E-state index contributed by atoms with van der Waals surface area (Å²) in [5, 5.41) is 14.3. The number of hydrogen-bond donors (Lipinski definition) is 1. The normalized spacial score (nSPS) is 13.4. The number of nitriles is 1. The number of fused-ring (bicyclic) bond motifs is 3. The van der Waals surface area contributed by atoms with Gasteiger partial charge in [-0.1, -0.05) is 23.2 Å². The molecule has 0 radical (unpaired) electrons. The Kier molecular flexibility index (Phi) is 3.72. The summed E-state index contributed by atoms with van der Waals surface area (Å²) in [7, 11) is 0. The molecule has 2 heterocycles. The Bertz CT molecular complexity index is 1070. The van der Waals surface area contributed by atoms with E-state index in [0.717, 1.165) is 27.6 Å². The molecule has 0 fully saturated rings. The Morgan fingerprint density at radius 2 is 1.88 bits per heavy atom. The summed E-state index contributed by atoms with van der Waals surface area (Å²) in [4.78, 5) is 12.3. The Hall–Kier alpha value is -2.48. The first-order valence-corrected chi connectivity index (χ1v) is 8.57. The summed E-state index contributed by atoms with van der Waals surface area (Å²) in [5.74, 6) is -0.0893. The van der Waals surface area contributed by atoms with Gasteiger partial charge in [0.25, 0.3) is 5.91 Å². The lowest BCUT2D eigenvalue weighted by Gasteiger charge is -2.18. The van der Waals surface area contributed by atoms with Crippen molar-refractivity contribution in [3.05, 3.63) is 57.2 Å². The van der Waals surface area contributed by atoms with Crippen LogP contribution in [0.2, 0.25) is 10.0 Å². The number of halogens is 2. The highest BCUT2D eigenvalue weighted by molar-refractivity contribution is 6.35. The second-order valence-corrected chi connectivity index (χ2v) is 6.94. The SMILES string of the molecule is Cc1c2n(c3c(-c4cc(Cl)cc(Cl)c4)cc(C#N)cc13)CCNC2=O. The molecular formula is C19H13Cl2N3O. The number of rotatable bonds is 1. The summed E-state index contributed by atoms with van der Waals surface area (Å²) >= 11 is 12.4. The molecule has 1 N–H and O–H groups in total. The van der Waals surface area contributed by atoms with Gasteiger partial charge in [-0.15, -0.1) is 0 Å². The number of aromatic nitrogens is 1. The summed E-state index contributed by atoms with van der Waals surface area (Å²) in [6, 6.07) is 11.2. The Morgan fingerprint density at radius 1 is 1.16 bits per heavy atom. The molecule has 0 aliphatic carbocycles. The topological polar surface area (TPSA) is 57.8 Å². The number of hydrogen-bond acceptors (Lipinski definition) is 2. The van der Waals surface area contributed by atoms with Crippen molar-refractivity contribution in [3.8, 4) is 17.2 Å². The van der Waals surface area contributed by atoms with Gasteiger partial charge in [0.05, 0.1) is 17.1 Å². The molecule has 0 bridgehead atoms. The molecule has 1 amide bonds. The molecule has 1 aliphatic rings. The molecule has 0 unspecified atom stereocenters. The minimum atomic E-state index is -0.0893. The monoisotopic (exact) mass is 369 g/mol. The molecule has 6 heteroatoms. The fourth-order valence-electron chi connectivity index (χ4n) is 3.53. The number of carbonyl (C=O) groups is 1. The van der Waals surface area contributed by atoms with Crippen molar-refractivity contribution in [3.63, 3.8) is 0 Å². The summed E-state index contributed by atoms with van der Waals surface area (Å²) < 4.78 is 2.02. The van der Waals surface area contributed by atoms with E-state index in [1.807, 2.05) is 35.8 Å². The number of benzene rings is 2. The van der Waals surface area contributed by atoms with E-state index in [1.165, 1.54) is 0 Å². The van der Waals surface area contributed by atoms with Gasteiger partial charge in [0, 0.05) is 34.1 Å².